The second-order valence-corrected chi connectivity index (χ2v) is 5.88. The molecule has 6 heteroatoms. The molecule has 1 N–H and O–H groups in total. The summed E-state index contributed by atoms with van der Waals surface area (Å²) in [6, 6.07) is 2.84. The van der Waals surface area contributed by atoms with E-state index in [2.05, 4.69) is 4.98 Å². The predicted octanol–water partition coefficient (Wildman–Crippen LogP) is 1.76. The number of benzene rings is 1. The molecule has 2 aliphatic rings. The fourth-order valence-electron chi connectivity index (χ4n) is 3.10. The summed E-state index contributed by atoms with van der Waals surface area (Å²) in [7, 11) is 0. The number of halogens is 1. The van der Waals surface area contributed by atoms with Gasteiger partial charge in [-0.2, -0.15) is 0 Å². The third kappa shape index (κ3) is 1.97. The Labute approximate surface area is 120 Å². The predicted molar refractivity (Wildman–Crippen MR) is 78.5 cm³/mol. The second kappa shape index (κ2) is 4.44. The quantitative estimate of drug-likeness (QED) is 0.916. The highest BCUT2D eigenvalue weighted by Gasteiger charge is 2.28. The lowest BCUT2D eigenvalue weighted by Crippen LogP contribution is -2.34. The molecule has 1 saturated carbocycles. The summed E-state index contributed by atoms with van der Waals surface area (Å²) in [5.74, 6) is -0.393. The molecule has 1 aromatic heterocycles. The number of fused-ring (bicyclic) bond motifs is 1. The van der Waals surface area contributed by atoms with E-state index in [0.717, 1.165) is 38.8 Å². The van der Waals surface area contributed by atoms with Crippen LogP contribution in [-0.4, -0.2) is 22.6 Å². The number of anilines is 1. The van der Waals surface area contributed by atoms with Gasteiger partial charge in [-0.25, -0.2) is 9.18 Å². The molecule has 2 aromatic rings. The third-order valence-electron chi connectivity index (χ3n) is 4.36. The van der Waals surface area contributed by atoms with Crippen LogP contribution in [0.3, 0.4) is 0 Å². The molecule has 0 atom stereocenters. The number of nitrogens with one attached hydrogen (secondary N) is 1. The SMILES string of the molecule is O=c1[nH]c2cc(N3CCCC3)c(F)cc2c(=O)n1C1CC1. The van der Waals surface area contributed by atoms with Crippen LogP contribution in [0.2, 0.25) is 0 Å². The molecule has 4 rings (SSSR count). The molecule has 0 unspecified atom stereocenters. The number of H-pyrrole nitrogens is 1. The van der Waals surface area contributed by atoms with Gasteiger partial charge in [0.2, 0.25) is 0 Å². The van der Waals surface area contributed by atoms with Crippen molar-refractivity contribution in [1.82, 2.24) is 9.55 Å². The van der Waals surface area contributed by atoms with Crippen LogP contribution in [0.25, 0.3) is 10.9 Å². The molecule has 1 aliphatic heterocycles. The molecular weight excluding hydrogens is 273 g/mol. The minimum absolute atomic E-state index is 0.0213. The van der Waals surface area contributed by atoms with E-state index in [-0.39, 0.29) is 17.0 Å². The van der Waals surface area contributed by atoms with Crippen molar-refractivity contribution >= 4 is 16.6 Å². The number of aromatic nitrogens is 2. The topological polar surface area (TPSA) is 58.1 Å². The zero-order valence-electron chi connectivity index (χ0n) is 11.6. The largest absolute Gasteiger partial charge is 0.369 e. The Hall–Kier alpha value is -2.11. The van der Waals surface area contributed by atoms with Gasteiger partial charge in [-0.1, -0.05) is 0 Å². The number of nitrogens with zero attached hydrogens (tertiary/aromatic N) is 2. The van der Waals surface area contributed by atoms with Gasteiger partial charge in [0.15, 0.2) is 0 Å². The molecule has 0 bridgehead atoms. The smallest absolute Gasteiger partial charge is 0.329 e. The van der Waals surface area contributed by atoms with Crippen LogP contribution < -0.4 is 16.1 Å². The van der Waals surface area contributed by atoms with E-state index in [0.29, 0.717) is 11.2 Å². The van der Waals surface area contributed by atoms with Crippen LogP contribution in [0.4, 0.5) is 10.1 Å². The first-order valence-corrected chi connectivity index (χ1v) is 7.38. The van der Waals surface area contributed by atoms with Gasteiger partial charge in [-0.05, 0) is 37.8 Å². The van der Waals surface area contributed by atoms with Crippen molar-refractivity contribution in [2.24, 2.45) is 0 Å². The molecule has 0 amide bonds. The highest BCUT2D eigenvalue weighted by atomic mass is 19.1. The molecule has 110 valence electrons. The van der Waals surface area contributed by atoms with E-state index in [1.807, 2.05) is 4.90 Å². The molecule has 21 heavy (non-hydrogen) atoms. The van der Waals surface area contributed by atoms with Gasteiger partial charge < -0.3 is 9.88 Å². The molecule has 0 spiro atoms. The Balaban J connectivity index is 1.94. The molecule has 0 radical (unpaired) electrons. The number of aromatic amines is 1. The summed E-state index contributed by atoms with van der Waals surface area (Å²) < 4.78 is 15.5. The fourth-order valence-corrected chi connectivity index (χ4v) is 3.10. The van der Waals surface area contributed by atoms with Crippen LogP contribution in [0, 0.1) is 5.82 Å². The van der Waals surface area contributed by atoms with E-state index < -0.39 is 11.5 Å². The van der Waals surface area contributed by atoms with E-state index in [1.165, 1.54) is 10.6 Å². The van der Waals surface area contributed by atoms with Crippen molar-refractivity contribution in [2.75, 3.05) is 18.0 Å². The first kappa shape index (κ1) is 12.6. The van der Waals surface area contributed by atoms with Crippen LogP contribution in [0.1, 0.15) is 31.7 Å². The van der Waals surface area contributed by atoms with Crippen LogP contribution in [0.5, 0.6) is 0 Å². The standard InChI is InChI=1S/C15H16FN3O2/c16-11-7-10-12(8-13(11)18-5-1-2-6-18)17-15(21)19(14(10)20)9-3-4-9/h7-9H,1-6H2,(H,17,21). The molecule has 1 saturated heterocycles. The summed E-state index contributed by atoms with van der Waals surface area (Å²) in [6.07, 6.45) is 3.75. The van der Waals surface area contributed by atoms with Crippen molar-refractivity contribution in [3.05, 3.63) is 38.8 Å². The Kier molecular flexibility index (Phi) is 2.67. The zero-order chi connectivity index (χ0) is 14.6. The summed E-state index contributed by atoms with van der Waals surface area (Å²) in [4.78, 5) is 29.1. The van der Waals surface area contributed by atoms with Crippen molar-refractivity contribution < 1.29 is 4.39 Å². The van der Waals surface area contributed by atoms with Gasteiger partial charge in [-0.3, -0.25) is 9.36 Å². The average molecular weight is 289 g/mol. The summed E-state index contributed by atoms with van der Waals surface area (Å²) in [5, 5.41) is 0.252. The fraction of sp³-hybridized carbons (Fsp3) is 0.467. The van der Waals surface area contributed by atoms with Crippen molar-refractivity contribution in [3.63, 3.8) is 0 Å². The van der Waals surface area contributed by atoms with Crippen LogP contribution in [0.15, 0.2) is 21.7 Å². The Morgan fingerprint density at radius 2 is 1.86 bits per heavy atom. The van der Waals surface area contributed by atoms with Gasteiger partial charge in [0, 0.05) is 19.1 Å². The monoisotopic (exact) mass is 289 g/mol. The number of hydrogen-bond acceptors (Lipinski definition) is 3. The maximum Gasteiger partial charge on any atom is 0.329 e. The minimum atomic E-state index is -0.394. The average Bonchev–Trinajstić information content (AvgIpc) is 3.13. The first-order valence-electron chi connectivity index (χ1n) is 7.38. The van der Waals surface area contributed by atoms with E-state index in [1.54, 1.807) is 6.07 Å². The van der Waals surface area contributed by atoms with Gasteiger partial charge in [0.05, 0.1) is 16.6 Å². The molecular formula is C15H16FN3O2. The molecule has 5 nitrogen and oxygen atoms in total. The summed E-state index contributed by atoms with van der Waals surface area (Å²) >= 11 is 0. The number of rotatable bonds is 2. The zero-order valence-corrected chi connectivity index (χ0v) is 11.6. The van der Waals surface area contributed by atoms with Gasteiger partial charge in [-0.15, -0.1) is 0 Å². The van der Waals surface area contributed by atoms with E-state index in [9.17, 15) is 14.0 Å². The number of hydrogen-bond donors (Lipinski definition) is 1. The Bertz CT molecular complexity index is 829. The highest BCUT2D eigenvalue weighted by Crippen LogP contribution is 2.32. The lowest BCUT2D eigenvalue weighted by molar-refractivity contribution is 0.622. The van der Waals surface area contributed by atoms with Crippen LogP contribution >= 0.6 is 0 Å². The van der Waals surface area contributed by atoms with Crippen molar-refractivity contribution in [3.8, 4) is 0 Å². The molecule has 2 fully saturated rings. The highest BCUT2D eigenvalue weighted by molar-refractivity contribution is 5.82. The van der Waals surface area contributed by atoms with Crippen LogP contribution in [-0.2, 0) is 0 Å². The van der Waals surface area contributed by atoms with Crippen molar-refractivity contribution in [1.29, 1.82) is 0 Å². The summed E-state index contributed by atoms with van der Waals surface area (Å²) in [5.41, 5.74) is 0.113. The maximum absolute atomic E-state index is 14.3. The Morgan fingerprint density at radius 3 is 2.52 bits per heavy atom. The second-order valence-electron chi connectivity index (χ2n) is 5.88. The maximum atomic E-state index is 14.3. The third-order valence-corrected chi connectivity index (χ3v) is 4.36. The summed E-state index contributed by atoms with van der Waals surface area (Å²) in [6.45, 7) is 1.62. The van der Waals surface area contributed by atoms with Gasteiger partial charge in [0.25, 0.3) is 5.56 Å². The van der Waals surface area contributed by atoms with Crippen molar-refractivity contribution in [2.45, 2.75) is 31.7 Å². The lowest BCUT2D eigenvalue weighted by Gasteiger charge is -2.19. The first-order chi connectivity index (χ1) is 10.1. The van der Waals surface area contributed by atoms with E-state index >= 15 is 0 Å². The lowest BCUT2D eigenvalue weighted by atomic mass is 10.2. The normalized spacial score (nSPS) is 18.6. The molecule has 1 aliphatic carbocycles. The molecule has 2 heterocycles. The van der Waals surface area contributed by atoms with Gasteiger partial charge >= 0.3 is 5.69 Å². The molecule has 1 aromatic carbocycles. The van der Waals surface area contributed by atoms with E-state index in [4.69, 9.17) is 0 Å². The minimum Gasteiger partial charge on any atom is -0.369 e. The van der Waals surface area contributed by atoms with Gasteiger partial charge in [0.1, 0.15) is 5.82 Å². The Morgan fingerprint density at radius 1 is 1.14 bits per heavy atom.